The first kappa shape index (κ1) is 13.8. The fourth-order valence-corrected chi connectivity index (χ4v) is 3.16. The maximum atomic E-state index is 13.4. The number of nitrogens with zero attached hydrogens (tertiary/aromatic N) is 3. The van der Waals surface area contributed by atoms with Crippen molar-refractivity contribution in [1.29, 1.82) is 0 Å². The predicted octanol–water partition coefficient (Wildman–Crippen LogP) is 3.40. The monoisotopic (exact) mass is 295 g/mol. The molecule has 0 radical (unpaired) electrons. The van der Waals surface area contributed by atoms with E-state index >= 15 is 0 Å². The highest BCUT2D eigenvalue weighted by molar-refractivity contribution is 6.16. The van der Waals surface area contributed by atoms with Gasteiger partial charge in [0.05, 0.1) is 16.9 Å². The second-order valence-corrected chi connectivity index (χ2v) is 5.62. The SMILES string of the molecule is Fc1ccc2nc(CCl)n(CCCN3CCCC3)c2c1. The molecule has 0 saturated carbocycles. The fraction of sp³-hybridized carbons (Fsp3) is 0.533. The summed E-state index contributed by atoms with van der Waals surface area (Å²) in [5.41, 5.74) is 1.67. The molecule has 5 heteroatoms. The van der Waals surface area contributed by atoms with E-state index in [1.54, 1.807) is 12.1 Å². The highest BCUT2D eigenvalue weighted by Gasteiger charge is 2.13. The number of rotatable bonds is 5. The topological polar surface area (TPSA) is 21.1 Å². The molecule has 3 nitrogen and oxygen atoms in total. The van der Waals surface area contributed by atoms with Gasteiger partial charge in [-0.3, -0.25) is 0 Å². The number of fused-ring (bicyclic) bond motifs is 1. The molecule has 108 valence electrons. The Morgan fingerprint density at radius 3 is 2.75 bits per heavy atom. The quantitative estimate of drug-likeness (QED) is 0.788. The number of aromatic nitrogens is 2. The van der Waals surface area contributed by atoms with Gasteiger partial charge in [-0.25, -0.2) is 9.37 Å². The lowest BCUT2D eigenvalue weighted by atomic mass is 10.3. The second kappa shape index (κ2) is 6.10. The molecule has 2 aromatic rings. The van der Waals surface area contributed by atoms with Crippen LogP contribution >= 0.6 is 11.6 Å². The zero-order chi connectivity index (χ0) is 13.9. The number of likely N-dealkylation sites (tertiary alicyclic amines) is 1. The largest absolute Gasteiger partial charge is 0.327 e. The van der Waals surface area contributed by atoms with E-state index in [0.717, 1.165) is 36.4 Å². The molecule has 20 heavy (non-hydrogen) atoms. The molecule has 0 bridgehead atoms. The van der Waals surface area contributed by atoms with Gasteiger partial charge in [-0.05, 0) is 57.1 Å². The summed E-state index contributed by atoms with van der Waals surface area (Å²) in [6, 6.07) is 4.72. The van der Waals surface area contributed by atoms with E-state index in [0.29, 0.717) is 5.88 Å². The lowest BCUT2D eigenvalue weighted by Gasteiger charge is -2.15. The molecule has 1 fully saturated rings. The summed E-state index contributed by atoms with van der Waals surface area (Å²) in [4.78, 5) is 6.96. The molecular formula is C15H19ClFN3. The van der Waals surface area contributed by atoms with Gasteiger partial charge in [-0.1, -0.05) is 0 Å². The third kappa shape index (κ3) is 2.81. The molecule has 1 aromatic heterocycles. The molecule has 1 saturated heterocycles. The van der Waals surface area contributed by atoms with Crippen molar-refractivity contribution >= 4 is 22.6 Å². The molecule has 0 N–H and O–H groups in total. The van der Waals surface area contributed by atoms with Crippen LogP contribution in [0.1, 0.15) is 25.1 Å². The number of benzene rings is 1. The maximum Gasteiger partial charge on any atom is 0.125 e. The maximum absolute atomic E-state index is 13.4. The smallest absolute Gasteiger partial charge is 0.125 e. The summed E-state index contributed by atoms with van der Waals surface area (Å²) < 4.78 is 15.5. The summed E-state index contributed by atoms with van der Waals surface area (Å²) in [7, 11) is 0. The second-order valence-electron chi connectivity index (χ2n) is 5.35. The zero-order valence-corrected chi connectivity index (χ0v) is 12.2. The Hall–Kier alpha value is -1.13. The van der Waals surface area contributed by atoms with Crippen LogP contribution in [0.4, 0.5) is 4.39 Å². The Kier molecular flexibility index (Phi) is 4.22. The summed E-state index contributed by atoms with van der Waals surface area (Å²) >= 11 is 5.96. The van der Waals surface area contributed by atoms with Gasteiger partial charge in [0, 0.05) is 6.54 Å². The van der Waals surface area contributed by atoms with Gasteiger partial charge in [0.1, 0.15) is 11.6 Å². The molecule has 1 aliphatic heterocycles. The van der Waals surface area contributed by atoms with Crippen molar-refractivity contribution < 1.29 is 4.39 Å². The fourth-order valence-electron chi connectivity index (χ4n) is 2.96. The predicted molar refractivity (Wildman–Crippen MR) is 79.5 cm³/mol. The Balaban J connectivity index is 1.76. The van der Waals surface area contributed by atoms with Crippen LogP contribution in [0.25, 0.3) is 11.0 Å². The van der Waals surface area contributed by atoms with Gasteiger partial charge in [0.15, 0.2) is 0 Å². The Labute approximate surface area is 123 Å². The van der Waals surface area contributed by atoms with Gasteiger partial charge >= 0.3 is 0 Å². The molecular weight excluding hydrogens is 277 g/mol. The average molecular weight is 296 g/mol. The van der Waals surface area contributed by atoms with Crippen molar-refractivity contribution in [3.63, 3.8) is 0 Å². The molecule has 1 aromatic carbocycles. The van der Waals surface area contributed by atoms with Crippen molar-refractivity contribution in [1.82, 2.24) is 14.5 Å². The Morgan fingerprint density at radius 1 is 1.20 bits per heavy atom. The van der Waals surface area contributed by atoms with Crippen molar-refractivity contribution in [3.05, 3.63) is 29.8 Å². The number of alkyl halides is 1. The zero-order valence-electron chi connectivity index (χ0n) is 11.5. The lowest BCUT2D eigenvalue weighted by molar-refractivity contribution is 0.325. The molecule has 3 rings (SSSR count). The van der Waals surface area contributed by atoms with Crippen molar-refractivity contribution in [2.75, 3.05) is 19.6 Å². The summed E-state index contributed by atoms with van der Waals surface area (Å²) in [5, 5.41) is 0. The number of aryl methyl sites for hydroxylation is 1. The molecule has 0 aliphatic carbocycles. The molecule has 2 heterocycles. The van der Waals surface area contributed by atoms with Gasteiger partial charge in [0.2, 0.25) is 0 Å². The Bertz CT molecular complexity index is 590. The number of imidazole rings is 1. The van der Waals surface area contributed by atoms with Gasteiger partial charge in [0.25, 0.3) is 0 Å². The molecule has 0 amide bonds. The normalized spacial score (nSPS) is 16.3. The minimum absolute atomic E-state index is 0.223. The van der Waals surface area contributed by atoms with Gasteiger partial charge in [-0.15, -0.1) is 11.6 Å². The average Bonchev–Trinajstić information content (AvgIpc) is 3.07. The van der Waals surface area contributed by atoms with E-state index in [1.807, 2.05) is 0 Å². The van der Waals surface area contributed by atoms with Crippen LogP contribution in [-0.4, -0.2) is 34.1 Å². The van der Waals surface area contributed by atoms with Crippen LogP contribution in [0.3, 0.4) is 0 Å². The lowest BCUT2D eigenvalue weighted by Crippen LogP contribution is -2.21. The summed E-state index contributed by atoms with van der Waals surface area (Å²) in [5.74, 6) is 0.966. The van der Waals surface area contributed by atoms with Crippen LogP contribution in [0, 0.1) is 5.82 Å². The van der Waals surface area contributed by atoms with E-state index < -0.39 is 0 Å². The van der Waals surface area contributed by atoms with Crippen LogP contribution in [-0.2, 0) is 12.4 Å². The standard InChI is InChI=1S/C15H19ClFN3/c16-11-15-18-13-5-4-12(17)10-14(13)20(15)9-3-8-19-6-1-2-7-19/h4-5,10H,1-3,6-9,11H2. The van der Waals surface area contributed by atoms with Crippen LogP contribution in [0.5, 0.6) is 0 Å². The van der Waals surface area contributed by atoms with Crippen LogP contribution < -0.4 is 0 Å². The highest BCUT2D eigenvalue weighted by Crippen LogP contribution is 2.19. The van der Waals surface area contributed by atoms with E-state index in [1.165, 1.54) is 32.0 Å². The molecule has 1 aliphatic rings. The van der Waals surface area contributed by atoms with Gasteiger partial charge in [-0.2, -0.15) is 0 Å². The third-order valence-corrected chi connectivity index (χ3v) is 4.20. The first-order valence-corrected chi connectivity index (χ1v) is 7.74. The molecule has 0 atom stereocenters. The minimum atomic E-state index is -0.223. The van der Waals surface area contributed by atoms with E-state index in [4.69, 9.17) is 11.6 Å². The minimum Gasteiger partial charge on any atom is -0.327 e. The van der Waals surface area contributed by atoms with Crippen LogP contribution in [0.15, 0.2) is 18.2 Å². The van der Waals surface area contributed by atoms with Crippen LogP contribution in [0.2, 0.25) is 0 Å². The van der Waals surface area contributed by atoms with E-state index in [9.17, 15) is 4.39 Å². The number of hydrogen-bond donors (Lipinski definition) is 0. The van der Waals surface area contributed by atoms with Crippen molar-refractivity contribution in [2.45, 2.75) is 31.7 Å². The van der Waals surface area contributed by atoms with E-state index in [-0.39, 0.29) is 5.82 Å². The van der Waals surface area contributed by atoms with E-state index in [2.05, 4.69) is 14.5 Å². The molecule has 0 unspecified atom stereocenters. The van der Waals surface area contributed by atoms with Gasteiger partial charge < -0.3 is 9.47 Å². The number of hydrogen-bond acceptors (Lipinski definition) is 2. The van der Waals surface area contributed by atoms with Crippen molar-refractivity contribution in [3.8, 4) is 0 Å². The Morgan fingerprint density at radius 2 is 2.00 bits per heavy atom. The number of halogens is 2. The first-order chi connectivity index (χ1) is 9.78. The first-order valence-electron chi connectivity index (χ1n) is 7.21. The summed E-state index contributed by atoms with van der Waals surface area (Å²) in [6.07, 6.45) is 3.67. The van der Waals surface area contributed by atoms with Crippen molar-refractivity contribution in [2.24, 2.45) is 0 Å². The highest BCUT2D eigenvalue weighted by atomic mass is 35.5. The molecule has 0 spiro atoms. The summed E-state index contributed by atoms with van der Waals surface area (Å²) in [6.45, 7) is 4.36. The third-order valence-electron chi connectivity index (χ3n) is 3.96.